The van der Waals surface area contributed by atoms with Gasteiger partial charge in [-0.05, 0) is 24.3 Å². The van der Waals surface area contributed by atoms with Crippen LogP contribution < -0.4 is 4.90 Å². The first-order valence-electron chi connectivity index (χ1n) is 5.96. The van der Waals surface area contributed by atoms with Crippen molar-refractivity contribution in [2.45, 2.75) is 5.37 Å². The van der Waals surface area contributed by atoms with Gasteiger partial charge < -0.3 is 0 Å². The molecule has 1 saturated heterocycles. The minimum absolute atomic E-state index is 0.0321. The second kappa shape index (κ2) is 5.64. The molecule has 2 heterocycles. The summed E-state index contributed by atoms with van der Waals surface area (Å²) in [5, 5.41) is 0.977. The molecule has 0 saturated carbocycles. The summed E-state index contributed by atoms with van der Waals surface area (Å²) in [4.78, 5) is 18.1. The first-order chi connectivity index (χ1) is 9.66. The molecular weight excluding hydrogens is 315 g/mol. The smallest absolute Gasteiger partial charge is 0.239 e. The quantitative estimate of drug-likeness (QED) is 0.831. The summed E-state index contributed by atoms with van der Waals surface area (Å²) in [6.07, 6.45) is 1.67. The number of thioether (sulfide) groups is 1. The molecule has 0 radical (unpaired) electrons. The van der Waals surface area contributed by atoms with Gasteiger partial charge in [-0.2, -0.15) is 0 Å². The van der Waals surface area contributed by atoms with Gasteiger partial charge in [0.1, 0.15) is 11.2 Å². The van der Waals surface area contributed by atoms with Crippen LogP contribution >= 0.6 is 35.0 Å². The number of rotatable bonds is 2. The van der Waals surface area contributed by atoms with Crippen LogP contribution in [0.5, 0.6) is 0 Å². The Morgan fingerprint density at radius 1 is 1.25 bits per heavy atom. The number of hydrogen-bond acceptors (Lipinski definition) is 3. The van der Waals surface area contributed by atoms with E-state index in [9.17, 15) is 4.79 Å². The Morgan fingerprint density at radius 3 is 2.80 bits per heavy atom. The standard InChI is InChI=1S/C14H10Cl2N2OS/c15-9-4-5-10(11(16)7-9)14-18(13(19)8-20-14)12-3-1-2-6-17-12/h1-7,14H,8H2/t14-/m0/s1. The maximum Gasteiger partial charge on any atom is 0.239 e. The van der Waals surface area contributed by atoms with Gasteiger partial charge in [-0.15, -0.1) is 11.8 Å². The Hall–Kier alpha value is -1.23. The zero-order valence-corrected chi connectivity index (χ0v) is 12.6. The lowest BCUT2D eigenvalue weighted by Crippen LogP contribution is -2.28. The van der Waals surface area contributed by atoms with Crippen molar-refractivity contribution in [1.82, 2.24) is 4.98 Å². The highest BCUT2D eigenvalue weighted by Gasteiger charge is 2.35. The van der Waals surface area contributed by atoms with E-state index in [2.05, 4.69) is 4.98 Å². The van der Waals surface area contributed by atoms with Crippen LogP contribution in [-0.4, -0.2) is 16.6 Å². The van der Waals surface area contributed by atoms with Crippen molar-refractivity contribution in [1.29, 1.82) is 0 Å². The maximum absolute atomic E-state index is 12.1. The lowest BCUT2D eigenvalue weighted by molar-refractivity contribution is -0.115. The average Bonchev–Trinajstić information content (AvgIpc) is 2.81. The van der Waals surface area contributed by atoms with Gasteiger partial charge in [0.25, 0.3) is 0 Å². The Bertz CT molecular complexity index is 651. The number of carbonyl (C=O) groups is 1. The molecule has 0 aliphatic carbocycles. The molecule has 6 heteroatoms. The predicted molar refractivity (Wildman–Crippen MR) is 83.4 cm³/mol. The summed E-state index contributed by atoms with van der Waals surface area (Å²) in [5.41, 5.74) is 0.873. The van der Waals surface area contributed by atoms with E-state index < -0.39 is 0 Å². The van der Waals surface area contributed by atoms with Crippen LogP contribution in [0.15, 0.2) is 42.6 Å². The summed E-state index contributed by atoms with van der Waals surface area (Å²) >= 11 is 13.7. The Balaban J connectivity index is 2.02. The minimum atomic E-state index is -0.165. The van der Waals surface area contributed by atoms with Gasteiger partial charge in [-0.1, -0.05) is 35.3 Å². The van der Waals surface area contributed by atoms with E-state index in [4.69, 9.17) is 23.2 Å². The number of hydrogen-bond donors (Lipinski definition) is 0. The molecule has 20 heavy (non-hydrogen) atoms. The number of anilines is 1. The van der Waals surface area contributed by atoms with Crippen LogP contribution in [0.25, 0.3) is 0 Å². The lowest BCUT2D eigenvalue weighted by atomic mass is 10.2. The molecule has 3 rings (SSSR count). The van der Waals surface area contributed by atoms with Crippen molar-refractivity contribution >= 4 is 46.7 Å². The minimum Gasteiger partial charge on any atom is -0.279 e. The fourth-order valence-electron chi connectivity index (χ4n) is 2.10. The molecule has 102 valence electrons. The third kappa shape index (κ3) is 2.51. The second-order valence-corrected chi connectivity index (χ2v) is 6.19. The average molecular weight is 325 g/mol. The second-order valence-electron chi connectivity index (χ2n) is 4.28. The SMILES string of the molecule is O=C1CS[C@@H](c2ccc(Cl)cc2Cl)N1c1ccccn1. The summed E-state index contributed by atoms with van der Waals surface area (Å²) < 4.78 is 0. The molecule has 1 aromatic heterocycles. The van der Waals surface area contributed by atoms with E-state index in [0.717, 1.165) is 5.56 Å². The van der Waals surface area contributed by atoms with E-state index in [0.29, 0.717) is 21.6 Å². The van der Waals surface area contributed by atoms with E-state index in [1.807, 2.05) is 24.3 Å². The van der Waals surface area contributed by atoms with Crippen molar-refractivity contribution in [2.24, 2.45) is 0 Å². The number of halogens is 2. The monoisotopic (exact) mass is 324 g/mol. The Kier molecular flexibility index (Phi) is 3.87. The molecule has 0 bridgehead atoms. The number of benzene rings is 1. The fraction of sp³-hybridized carbons (Fsp3) is 0.143. The van der Waals surface area contributed by atoms with Gasteiger partial charge >= 0.3 is 0 Å². The molecule has 1 fully saturated rings. The van der Waals surface area contributed by atoms with Crippen LogP contribution in [0.2, 0.25) is 10.0 Å². The van der Waals surface area contributed by atoms with Gasteiger partial charge in [0.2, 0.25) is 5.91 Å². The summed E-state index contributed by atoms with van der Waals surface area (Å²) in [5.74, 6) is 1.09. The molecule has 0 spiro atoms. The van der Waals surface area contributed by atoms with Crippen LogP contribution in [-0.2, 0) is 4.79 Å². The van der Waals surface area contributed by atoms with Crippen LogP contribution in [0, 0.1) is 0 Å². The number of amides is 1. The number of aromatic nitrogens is 1. The first kappa shape index (κ1) is 13.7. The molecule has 2 aromatic rings. The molecule has 1 amide bonds. The van der Waals surface area contributed by atoms with E-state index in [1.165, 1.54) is 11.8 Å². The molecule has 1 atom stereocenters. The molecule has 1 aliphatic rings. The third-order valence-corrected chi connectivity index (χ3v) is 4.75. The van der Waals surface area contributed by atoms with Crippen LogP contribution in [0.3, 0.4) is 0 Å². The summed E-state index contributed by atoms with van der Waals surface area (Å²) in [7, 11) is 0. The van der Waals surface area contributed by atoms with Crippen molar-refractivity contribution in [3.63, 3.8) is 0 Å². The molecule has 0 N–H and O–H groups in total. The maximum atomic E-state index is 12.1. The molecule has 0 unspecified atom stereocenters. The number of pyridine rings is 1. The normalized spacial score (nSPS) is 18.6. The first-order valence-corrected chi connectivity index (χ1v) is 7.77. The summed E-state index contributed by atoms with van der Waals surface area (Å²) in [6.45, 7) is 0. The summed E-state index contributed by atoms with van der Waals surface area (Å²) in [6, 6.07) is 10.8. The number of nitrogens with zero attached hydrogens (tertiary/aromatic N) is 2. The fourth-order valence-corrected chi connectivity index (χ4v) is 3.88. The van der Waals surface area contributed by atoms with Gasteiger partial charge in [0.15, 0.2) is 0 Å². The molecule has 1 aromatic carbocycles. The topological polar surface area (TPSA) is 33.2 Å². The van der Waals surface area contributed by atoms with Crippen molar-refractivity contribution in [3.05, 3.63) is 58.2 Å². The highest BCUT2D eigenvalue weighted by atomic mass is 35.5. The third-order valence-electron chi connectivity index (χ3n) is 2.99. The predicted octanol–water partition coefficient (Wildman–Crippen LogP) is 4.17. The van der Waals surface area contributed by atoms with E-state index in [-0.39, 0.29) is 11.3 Å². The van der Waals surface area contributed by atoms with E-state index in [1.54, 1.807) is 23.2 Å². The zero-order valence-electron chi connectivity index (χ0n) is 10.3. The van der Waals surface area contributed by atoms with Gasteiger partial charge in [0.05, 0.1) is 5.75 Å². The molecular formula is C14H10Cl2N2OS. The lowest BCUT2D eigenvalue weighted by Gasteiger charge is -2.24. The Morgan fingerprint density at radius 2 is 2.10 bits per heavy atom. The highest BCUT2D eigenvalue weighted by molar-refractivity contribution is 8.00. The van der Waals surface area contributed by atoms with Gasteiger partial charge in [-0.25, -0.2) is 4.98 Å². The van der Waals surface area contributed by atoms with E-state index >= 15 is 0 Å². The zero-order chi connectivity index (χ0) is 14.1. The van der Waals surface area contributed by atoms with Gasteiger partial charge in [0, 0.05) is 21.8 Å². The number of carbonyl (C=O) groups excluding carboxylic acids is 1. The van der Waals surface area contributed by atoms with Crippen LogP contribution in [0.4, 0.5) is 5.82 Å². The molecule has 1 aliphatic heterocycles. The Labute approximate surface area is 130 Å². The van der Waals surface area contributed by atoms with Gasteiger partial charge in [-0.3, -0.25) is 9.69 Å². The van der Waals surface area contributed by atoms with Crippen molar-refractivity contribution in [2.75, 3.05) is 10.7 Å². The van der Waals surface area contributed by atoms with Crippen molar-refractivity contribution < 1.29 is 4.79 Å². The van der Waals surface area contributed by atoms with Crippen LogP contribution in [0.1, 0.15) is 10.9 Å². The largest absolute Gasteiger partial charge is 0.279 e. The van der Waals surface area contributed by atoms with Crippen molar-refractivity contribution in [3.8, 4) is 0 Å². The highest BCUT2D eigenvalue weighted by Crippen LogP contribution is 2.43. The molecule has 3 nitrogen and oxygen atoms in total.